The van der Waals surface area contributed by atoms with E-state index in [0.717, 1.165) is 10.9 Å². The Labute approximate surface area is 136 Å². The van der Waals surface area contributed by atoms with Crippen molar-refractivity contribution in [3.63, 3.8) is 0 Å². The molecule has 0 saturated carbocycles. The SMILES string of the molecule is O=C(NCC(O)c1ccccc1F)c1cc2cc(Cl)ccc2[nH]1. The minimum atomic E-state index is -1.11. The van der Waals surface area contributed by atoms with Gasteiger partial charge in [-0.15, -0.1) is 0 Å². The van der Waals surface area contributed by atoms with Crippen LogP contribution in [0.2, 0.25) is 5.02 Å². The zero-order valence-corrected chi connectivity index (χ0v) is 12.8. The second kappa shape index (κ2) is 6.40. The first-order valence-corrected chi connectivity index (χ1v) is 7.41. The highest BCUT2D eigenvalue weighted by Gasteiger charge is 2.15. The molecule has 2 aromatic carbocycles. The standard InChI is InChI=1S/C17H14ClFN2O2/c18-11-5-6-14-10(7-11)8-15(21-14)17(23)20-9-16(22)12-3-1-2-4-13(12)19/h1-8,16,21-22H,9H2,(H,20,23). The number of fused-ring (bicyclic) bond motifs is 1. The first-order chi connectivity index (χ1) is 11.0. The van der Waals surface area contributed by atoms with Crippen LogP contribution in [0.15, 0.2) is 48.5 Å². The number of rotatable bonds is 4. The summed E-state index contributed by atoms with van der Waals surface area (Å²) in [5.74, 6) is -0.887. The van der Waals surface area contributed by atoms with Gasteiger partial charge in [0, 0.05) is 28.0 Å². The molecule has 0 radical (unpaired) electrons. The van der Waals surface area contributed by atoms with E-state index in [1.165, 1.54) is 12.1 Å². The predicted octanol–water partition coefficient (Wildman–Crippen LogP) is 3.42. The van der Waals surface area contributed by atoms with Crippen LogP contribution in [0.4, 0.5) is 4.39 Å². The van der Waals surface area contributed by atoms with E-state index in [-0.39, 0.29) is 18.0 Å². The fourth-order valence-electron chi connectivity index (χ4n) is 2.37. The molecular weight excluding hydrogens is 319 g/mol. The average Bonchev–Trinajstić information content (AvgIpc) is 2.95. The molecule has 0 saturated heterocycles. The maximum atomic E-state index is 13.6. The summed E-state index contributed by atoms with van der Waals surface area (Å²) >= 11 is 5.91. The summed E-state index contributed by atoms with van der Waals surface area (Å²) in [6.07, 6.45) is -1.11. The third-order valence-electron chi connectivity index (χ3n) is 3.55. The summed E-state index contributed by atoms with van der Waals surface area (Å²) in [6.45, 7) is -0.0874. The van der Waals surface area contributed by atoms with Crippen LogP contribution in [0.25, 0.3) is 10.9 Å². The van der Waals surface area contributed by atoms with Crippen molar-refractivity contribution in [3.8, 4) is 0 Å². The van der Waals surface area contributed by atoms with Gasteiger partial charge in [0.2, 0.25) is 0 Å². The number of amides is 1. The number of benzene rings is 2. The Morgan fingerprint density at radius 1 is 1.26 bits per heavy atom. The summed E-state index contributed by atoms with van der Waals surface area (Å²) in [6, 6.07) is 12.8. The van der Waals surface area contributed by atoms with Gasteiger partial charge >= 0.3 is 0 Å². The fraction of sp³-hybridized carbons (Fsp3) is 0.118. The maximum Gasteiger partial charge on any atom is 0.267 e. The quantitative estimate of drug-likeness (QED) is 0.685. The molecule has 1 heterocycles. The number of aromatic nitrogens is 1. The summed E-state index contributed by atoms with van der Waals surface area (Å²) in [7, 11) is 0. The summed E-state index contributed by atoms with van der Waals surface area (Å²) < 4.78 is 13.6. The van der Waals surface area contributed by atoms with Gasteiger partial charge in [0.15, 0.2) is 0 Å². The van der Waals surface area contributed by atoms with E-state index in [4.69, 9.17) is 11.6 Å². The maximum absolute atomic E-state index is 13.6. The average molecular weight is 333 g/mol. The fourth-order valence-corrected chi connectivity index (χ4v) is 2.55. The normalized spacial score (nSPS) is 12.3. The van der Waals surface area contributed by atoms with Crippen molar-refractivity contribution in [2.24, 2.45) is 0 Å². The first kappa shape index (κ1) is 15.5. The van der Waals surface area contributed by atoms with E-state index < -0.39 is 11.9 Å². The molecule has 0 aliphatic carbocycles. The van der Waals surface area contributed by atoms with Crippen LogP contribution >= 0.6 is 11.6 Å². The first-order valence-electron chi connectivity index (χ1n) is 7.03. The van der Waals surface area contributed by atoms with E-state index in [1.54, 1.807) is 36.4 Å². The lowest BCUT2D eigenvalue weighted by molar-refractivity contribution is 0.0910. The molecule has 3 rings (SSSR count). The van der Waals surface area contributed by atoms with Gasteiger partial charge in [-0.05, 0) is 30.3 Å². The Kier molecular flexibility index (Phi) is 4.32. The zero-order chi connectivity index (χ0) is 16.4. The number of H-pyrrole nitrogens is 1. The highest BCUT2D eigenvalue weighted by Crippen LogP contribution is 2.20. The van der Waals surface area contributed by atoms with Gasteiger partial charge in [0.05, 0.1) is 6.10 Å². The molecule has 3 N–H and O–H groups in total. The highest BCUT2D eigenvalue weighted by atomic mass is 35.5. The van der Waals surface area contributed by atoms with Crippen LogP contribution in [0.3, 0.4) is 0 Å². The molecule has 23 heavy (non-hydrogen) atoms. The number of carbonyl (C=O) groups excluding carboxylic acids is 1. The van der Waals surface area contributed by atoms with Crippen molar-refractivity contribution in [2.45, 2.75) is 6.10 Å². The van der Waals surface area contributed by atoms with Gasteiger partial charge in [0.25, 0.3) is 5.91 Å². The molecule has 0 aliphatic rings. The van der Waals surface area contributed by atoms with Crippen molar-refractivity contribution >= 4 is 28.4 Å². The topological polar surface area (TPSA) is 65.1 Å². The summed E-state index contributed by atoms with van der Waals surface area (Å²) in [4.78, 5) is 15.1. The number of halogens is 2. The van der Waals surface area contributed by atoms with Gasteiger partial charge in [-0.1, -0.05) is 29.8 Å². The van der Waals surface area contributed by atoms with Crippen LogP contribution in [-0.4, -0.2) is 22.5 Å². The van der Waals surface area contributed by atoms with E-state index in [1.807, 2.05) is 0 Å². The van der Waals surface area contributed by atoms with E-state index >= 15 is 0 Å². The largest absolute Gasteiger partial charge is 0.386 e. The molecule has 3 aromatic rings. The monoisotopic (exact) mass is 332 g/mol. The van der Waals surface area contributed by atoms with E-state index in [9.17, 15) is 14.3 Å². The Balaban J connectivity index is 1.70. The molecule has 1 amide bonds. The lowest BCUT2D eigenvalue weighted by Gasteiger charge is -2.12. The van der Waals surface area contributed by atoms with Gasteiger partial charge in [-0.3, -0.25) is 4.79 Å². The van der Waals surface area contributed by atoms with Crippen LogP contribution in [0.1, 0.15) is 22.2 Å². The minimum Gasteiger partial charge on any atom is -0.386 e. The van der Waals surface area contributed by atoms with Crippen molar-refractivity contribution in [1.82, 2.24) is 10.3 Å². The second-order valence-electron chi connectivity index (χ2n) is 5.16. The summed E-state index contributed by atoms with van der Waals surface area (Å²) in [5, 5.41) is 14.0. The molecule has 1 aromatic heterocycles. The number of aromatic amines is 1. The Hall–Kier alpha value is -2.37. The third-order valence-corrected chi connectivity index (χ3v) is 3.78. The van der Waals surface area contributed by atoms with Crippen molar-refractivity contribution in [3.05, 3.63) is 70.6 Å². The lowest BCUT2D eigenvalue weighted by Crippen LogP contribution is -2.28. The summed E-state index contributed by atoms with van der Waals surface area (Å²) in [5.41, 5.74) is 1.29. The Morgan fingerprint density at radius 2 is 2.04 bits per heavy atom. The number of hydrogen-bond acceptors (Lipinski definition) is 2. The molecule has 6 heteroatoms. The molecule has 0 fully saturated rings. The van der Waals surface area contributed by atoms with Crippen molar-refractivity contribution in [2.75, 3.05) is 6.54 Å². The smallest absolute Gasteiger partial charge is 0.267 e. The third kappa shape index (κ3) is 3.36. The molecule has 0 bridgehead atoms. The molecule has 0 spiro atoms. The second-order valence-corrected chi connectivity index (χ2v) is 5.60. The molecule has 0 aliphatic heterocycles. The van der Waals surface area contributed by atoms with Gasteiger partial charge in [-0.2, -0.15) is 0 Å². The number of aliphatic hydroxyl groups is 1. The Bertz CT molecular complexity index is 863. The molecule has 4 nitrogen and oxygen atoms in total. The zero-order valence-electron chi connectivity index (χ0n) is 12.0. The number of aliphatic hydroxyl groups excluding tert-OH is 1. The van der Waals surface area contributed by atoms with Crippen LogP contribution in [-0.2, 0) is 0 Å². The van der Waals surface area contributed by atoms with Crippen LogP contribution in [0.5, 0.6) is 0 Å². The van der Waals surface area contributed by atoms with Gasteiger partial charge in [-0.25, -0.2) is 4.39 Å². The van der Waals surface area contributed by atoms with Crippen LogP contribution in [0, 0.1) is 5.82 Å². The van der Waals surface area contributed by atoms with E-state index in [2.05, 4.69) is 10.3 Å². The molecule has 1 unspecified atom stereocenters. The van der Waals surface area contributed by atoms with E-state index in [0.29, 0.717) is 10.7 Å². The van der Waals surface area contributed by atoms with Crippen LogP contribution < -0.4 is 5.32 Å². The molecular formula is C17H14ClFN2O2. The minimum absolute atomic E-state index is 0.0874. The van der Waals surface area contributed by atoms with Gasteiger partial charge < -0.3 is 15.4 Å². The number of nitrogens with one attached hydrogen (secondary N) is 2. The van der Waals surface area contributed by atoms with Crippen molar-refractivity contribution < 1.29 is 14.3 Å². The van der Waals surface area contributed by atoms with Gasteiger partial charge in [0.1, 0.15) is 11.5 Å². The number of hydrogen-bond donors (Lipinski definition) is 3. The molecule has 118 valence electrons. The Morgan fingerprint density at radius 3 is 2.83 bits per heavy atom. The number of carbonyl (C=O) groups is 1. The highest BCUT2D eigenvalue weighted by molar-refractivity contribution is 6.31. The lowest BCUT2D eigenvalue weighted by atomic mass is 10.1. The molecule has 1 atom stereocenters. The predicted molar refractivity (Wildman–Crippen MR) is 87.0 cm³/mol. The van der Waals surface area contributed by atoms with Crippen molar-refractivity contribution in [1.29, 1.82) is 0 Å².